The van der Waals surface area contributed by atoms with Crippen molar-refractivity contribution in [2.24, 2.45) is 5.73 Å². The molecule has 3 rings (SSSR count). The van der Waals surface area contributed by atoms with Crippen LogP contribution in [0.3, 0.4) is 0 Å². The van der Waals surface area contributed by atoms with Gasteiger partial charge in [0.25, 0.3) is 0 Å². The van der Waals surface area contributed by atoms with Crippen molar-refractivity contribution < 1.29 is 0 Å². The highest BCUT2D eigenvalue weighted by atomic mass is 35.5. The van der Waals surface area contributed by atoms with Gasteiger partial charge in [-0.25, -0.2) is 4.98 Å². The number of thiazole rings is 1. The van der Waals surface area contributed by atoms with Gasteiger partial charge >= 0.3 is 0 Å². The highest BCUT2D eigenvalue weighted by Crippen LogP contribution is 2.28. The van der Waals surface area contributed by atoms with E-state index in [4.69, 9.17) is 22.3 Å². The summed E-state index contributed by atoms with van der Waals surface area (Å²) in [5.41, 5.74) is 9.93. The van der Waals surface area contributed by atoms with Crippen molar-refractivity contribution in [3.63, 3.8) is 0 Å². The predicted octanol–water partition coefficient (Wildman–Crippen LogP) is 4.96. The van der Waals surface area contributed by atoms with Crippen LogP contribution in [0.2, 0.25) is 5.02 Å². The molecule has 4 heteroatoms. The molecule has 0 radical (unpaired) electrons. The highest BCUT2D eigenvalue weighted by molar-refractivity contribution is 7.11. The molecule has 0 spiro atoms. The third kappa shape index (κ3) is 3.28. The first kappa shape index (κ1) is 15.0. The molecular formula is C18H15ClN2S. The smallest absolute Gasteiger partial charge is 0.121 e. The summed E-state index contributed by atoms with van der Waals surface area (Å²) in [6.07, 6.45) is 2.01. The first-order valence-corrected chi connectivity index (χ1v) is 8.20. The van der Waals surface area contributed by atoms with Gasteiger partial charge in [-0.2, -0.15) is 0 Å². The standard InChI is InChI=1S/C18H15ClN2S/c19-16-9-5-4-8-14(16)10-15(11-20)18-21-17(12-22-18)13-6-2-1-3-7-13/h1-10,12H,11,20H2. The average Bonchev–Trinajstić information content (AvgIpc) is 3.05. The number of benzene rings is 2. The Morgan fingerprint density at radius 3 is 2.55 bits per heavy atom. The number of halogens is 1. The molecule has 0 aliphatic rings. The van der Waals surface area contributed by atoms with Crippen LogP contribution in [0.25, 0.3) is 22.9 Å². The molecule has 0 bridgehead atoms. The summed E-state index contributed by atoms with van der Waals surface area (Å²) in [5, 5.41) is 3.70. The van der Waals surface area contributed by atoms with Crippen molar-refractivity contribution in [1.82, 2.24) is 4.98 Å². The van der Waals surface area contributed by atoms with Crippen molar-refractivity contribution >= 4 is 34.6 Å². The van der Waals surface area contributed by atoms with E-state index in [2.05, 4.69) is 17.5 Å². The Hall–Kier alpha value is -1.94. The van der Waals surface area contributed by atoms with Gasteiger partial charge in [-0.1, -0.05) is 60.1 Å². The van der Waals surface area contributed by atoms with Crippen LogP contribution in [0, 0.1) is 0 Å². The molecule has 1 aromatic heterocycles. The topological polar surface area (TPSA) is 38.9 Å². The fraction of sp³-hybridized carbons (Fsp3) is 0.0556. The van der Waals surface area contributed by atoms with Gasteiger partial charge in [-0.15, -0.1) is 11.3 Å². The van der Waals surface area contributed by atoms with Crippen molar-refractivity contribution in [3.8, 4) is 11.3 Å². The Kier molecular flexibility index (Phi) is 4.68. The van der Waals surface area contributed by atoms with Gasteiger partial charge in [-0.05, 0) is 17.7 Å². The van der Waals surface area contributed by atoms with Gasteiger partial charge in [0, 0.05) is 28.1 Å². The maximum Gasteiger partial charge on any atom is 0.121 e. The molecule has 3 aromatic rings. The molecule has 0 unspecified atom stereocenters. The summed E-state index contributed by atoms with van der Waals surface area (Å²) in [6, 6.07) is 17.9. The fourth-order valence-electron chi connectivity index (χ4n) is 2.15. The molecule has 110 valence electrons. The SMILES string of the molecule is NCC(=Cc1ccccc1Cl)c1nc(-c2ccccc2)cs1. The quantitative estimate of drug-likeness (QED) is 0.735. The van der Waals surface area contributed by atoms with Crippen LogP contribution in [-0.2, 0) is 0 Å². The van der Waals surface area contributed by atoms with Crippen LogP contribution >= 0.6 is 22.9 Å². The summed E-state index contributed by atoms with van der Waals surface area (Å²) in [6.45, 7) is 0.424. The molecule has 2 nitrogen and oxygen atoms in total. The van der Waals surface area contributed by atoms with Crippen LogP contribution in [-0.4, -0.2) is 11.5 Å². The summed E-state index contributed by atoms with van der Waals surface area (Å²) in [7, 11) is 0. The summed E-state index contributed by atoms with van der Waals surface area (Å²) in [4.78, 5) is 4.70. The monoisotopic (exact) mass is 326 g/mol. The van der Waals surface area contributed by atoms with Gasteiger partial charge in [0.2, 0.25) is 0 Å². The Morgan fingerprint density at radius 1 is 1.09 bits per heavy atom. The van der Waals surface area contributed by atoms with E-state index in [9.17, 15) is 0 Å². The molecule has 2 aromatic carbocycles. The van der Waals surface area contributed by atoms with Crippen LogP contribution in [0.1, 0.15) is 10.6 Å². The summed E-state index contributed by atoms with van der Waals surface area (Å²) < 4.78 is 0. The minimum absolute atomic E-state index is 0.424. The van der Waals surface area contributed by atoms with Gasteiger partial charge in [0.05, 0.1) is 5.69 Å². The Labute approximate surface area is 138 Å². The first-order chi connectivity index (χ1) is 10.8. The molecule has 1 heterocycles. The molecule has 0 fully saturated rings. The fourth-order valence-corrected chi connectivity index (χ4v) is 3.20. The second kappa shape index (κ2) is 6.88. The molecule has 0 aliphatic carbocycles. The Bertz CT molecular complexity index is 794. The molecule has 0 atom stereocenters. The molecule has 0 amide bonds. The van der Waals surface area contributed by atoms with E-state index < -0.39 is 0 Å². The average molecular weight is 327 g/mol. The lowest BCUT2D eigenvalue weighted by molar-refractivity contribution is 1.25. The highest BCUT2D eigenvalue weighted by Gasteiger charge is 2.08. The second-order valence-electron chi connectivity index (χ2n) is 4.80. The van der Waals surface area contributed by atoms with E-state index in [0.717, 1.165) is 27.4 Å². The zero-order chi connectivity index (χ0) is 15.4. The lowest BCUT2D eigenvalue weighted by Gasteiger charge is -2.03. The Morgan fingerprint density at radius 2 is 1.82 bits per heavy atom. The van der Waals surface area contributed by atoms with E-state index in [-0.39, 0.29) is 0 Å². The van der Waals surface area contributed by atoms with Crippen molar-refractivity contribution in [2.45, 2.75) is 0 Å². The summed E-state index contributed by atoms with van der Waals surface area (Å²) in [5.74, 6) is 0. The largest absolute Gasteiger partial charge is 0.326 e. The van der Waals surface area contributed by atoms with Crippen LogP contribution in [0.5, 0.6) is 0 Å². The maximum atomic E-state index is 6.21. The lowest BCUT2D eigenvalue weighted by atomic mass is 10.1. The number of hydrogen-bond donors (Lipinski definition) is 1. The number of nitrogens with two attached hydrogens (primary N) is 1. The minimum atomic E-state index is 0.424. The van der Waals surface area contributed by atoms with Crippen molar-refractivity contribution in [2.75, 3.05) is 6.54 Å². The van der Waals surface area contributed by atoms with Crippen LogP contribution in [0.4, 0.5) is 0 Å². The molecule has 22 heavy (non-hydrogen) atoms. The Balaban J connectivity index is 1.95. The molecule has 0 saturated heterocycles. The van der Waals surface area contributed by atoms with Crippen LogP contribution < -0.4 is 5.73 Å². The third-order valence-electron chi connectivity index (χ3n) is 3.30. The number of hydrogen-bond acceptors (Lipinski definition) is 3. The number of nitrogens with zero attached hydrogens (tertiary/aromatic N) is 1. The van der Waals surface area contributed by atoms with Gasteiger partial charge in [0.1, 0.15) is 5.01 Å². The molecule has 2 N–H and O–H groups in total. The first-order valence-electron chi connectivity index (χ1n) is 6.94. The number of aromatic nitrogens is 1. The third-order valence-corrected chi connectivity index (χ3v) is 4.57. The number of rotatable bonds is 4. The van der Waals surface area contributed by atoms with Gasteiger partial charge in [0.15, 0.2) is 0 Å². The predicted molar refractivity (Wildman–Crippen MR) is 95.9 cm³/mol. The molecular weight excluding hydrogens is 312 g/mol. The second-order valence-corrected chi connectivity index (χ2v) is 6.06. The summed E-state index contributed by atoms with van der Waals surface area (Å²) >= 11 is 7.81. The van der Waals surface area contributed by atoms with Crippen molar-refractivity contribution in [1.29, 1.82) is 0 Å². The van der Waals surface area contributed by atoms with E-state index in [1.165, 1.54) is 0 Å². The molecule has 0 aliphatic heterocycles. The zero-order valence-electron chi connectivity index (χ0n) is 11.9. The van der Waals surface area contributed by atoms with E-state index >= 15 is 0 Å². The van der Waals surface area contributed by atoms with Crippen LogP contribution in [0.15, 0.2) is 60.0 Å². The van der Waals surface area contributed by atoms with Gasteiger partial charge < -0.3 is 5.73 Å². The minimum Gasteiger partial charge on any atom is -0.326 e. The zero-order valence-corrected chi connectivity index (χ0v) is 13.4. The van der Waals surface area contributed by atoms with E-state index in [0.29, 0.717) is 11.6 Å². The van der Waals surface area contributed by atoms with Gasteiger partial charge in [-0.3, -0.25) is 0 Å². The van der Waals surface area contributed by atoms with E-state index in [1.54, 1.807) is 11.3 Å². The molecule has 0 saturated carbocycles. The maximum absolute atomic E-state index is 6.21. The lowest BCUT2D eigenvalue weighted by Crippen LogP contribution is -2.02. The normalized spacial score (nSPS) is 11.6. The van der Waals surface area contributed by atoms with Crippen molar-refractivity contribution in [3.05, 3.63) is 75.6 Å². The van der Waals surface area contributed by atoms with E-state index in [1.807, 2.05) is 48.5 Å².